The minimum Gasteiger partial charge on any atom is -0.544 e. The Morgan fingerprint density at radius 3 is 1.40 bits per heavy atom. The number of carbonyl (C=O) groups excluding carboxylic acids is 1. The SMILES string of the molecule is [CH2-]C([C-]=O)C(C)(C)C.[CH2-]CC(C)(C)C.[Y+3]. The predicted octanol–water partition coefficient (Wildman–Crippen LogP) is 3.85. The van der Waals surface area contributed by atoms with E-state index in [-0.39, 0.29) is 44.0 Å². The summed E-state index contributed by atoms with van der Waals surface area (Å²) in [7, 11) is 0. The van der Waals surface area contributed by atoms with Crippen molar-refractivity contribution in [2.75, 3.05) is 0 Å². The van der Waals surface area contributed by atoms with E-state index in [2.05, 4.69) is 34.6 Å². The van der Waals surface area contributed by atoms with Gasteiger partial charge >= 0.3 is 32.7 Å². The zero-order chi connectivity index (χ0) is 12.0. The molecule has 0 aliphatic heterocycles. The molecular weight excluding hydrogens is 261 g/mol. The fraction of sp³-hybridized carbons (Fsp3) is 0.769. The van der Waals surface area contributed by atoms with Gasteiger partial charge in [-0.1, -0.05) is 52.4 Å². The third-order valence-electron chi connectivity index (χ3n) is 1.94. The maximum Gasteiger partial charge on any atom is 3.00 e. The normalized spacial score (nSPS) is 13.1. The predicted molar refractivity (Wildman–Crippen MR) is 63.4 cm³/mol. The van der Waals surface area contributed by atoms with Gasteiger partial charge in [-0.3, -0.25) is 12.2 Å². The van der Waals surface area contributed by atoms with Crippen LogP contribution in [0.4, 0.5) is 0 Å². The van der Waals surface area contributed by atoms with Crippen LogP contribution >= 0.6 is 0 Å². The summed E-state index contributed by atoms with van der Waals surface area (Å²) in [5.41, 5.74) is 0.405. The summed E-state index contributed by atoms with van der Waals surface area (Å²) < 4.78 is 0. The number of rotatable bonds is 1. The summed E-state index contributed by atoms with van der Waals surface area (Å²) in [6.07, 6.45) is 2.86. The summed E-state index contributed by atoms with van der Waals surface area (Å²) in [4.78, 5) is 9.96. The molecule has 0 aliphatic carbocycles. The Labute approximate surface area is 122 Å². The average molecular weight is 286 g/mol. The molecule has 15 heavy (non-hydrogen) atoms. The minimum absolute atomic E-state index is 0. The van der Waals surface area contributed by atoms with E-state index in [1.165, 1.54) is 0 Å². The molecule has 0 rings (SSSR count). The van der Waals surface area contributed by atoms with Crippen LogP contribution in [0.1, 0.15) is 48.0 Å². The molecule has 0 aromatic heterocycles. The van der Waals surface area contributed by atoms with Crippen LogP contribution in [0, 0.1) is 30.6 Å². The van der Waals surface area contributed by atoms with Gasteiger partial charge in [0.1, 0.15) is 0 Å². The smallest absolute Gasteiger partial charge is 0.544 e. The molecule has 0 heterocycles. The maximum atomic E-state index is 9.96. The number of hydrogen-bond donors (Lipinski definition) is 0. The largest absolute Gasteiger partial charge is 3.00 e. The van der Waals surface area contributed by atoms with Crippen molar-refractivity contribution in [1.29, 1.82) is 0 Å². The molecule has 0 spiro atoms. The Hall–Kier alpha value is 0.774. The van der Waals surface area contributed by atoms with Gasteiger partial charge < -0.3 is 18.6 Å². The third-order valence-corrected chi connectivity index (χ3v) is 1.94. The van der Waals surface area contributed by atoms with E-state index in [1.54, 1.807) is 0 Å². The molecule has 1 nitrogen and oxygen atoms in total. The Morgan fingerprint density at radius 2 is 1.40 bits per heavy atom. The molecule has 0 saturated carbocycles. The third kappa shape index (κ3) is 17.4. The standard InChI is InChI=1S/C7H12O.C6H13.Y/c1-6(5-8)7(2,3)4;1-5-6(2,3)4;/h6H,1H2,2-4H3;1,5H2,2-4H3;/q-2;-1;+3. The minimum atomic E-state index is -0.206. The fourth-order valence-corrected chi connectivity index (χ4v) is 0.177. The molecule has 1 unspecified atom stereocenters. The van der Waals surface area contributed by atoms with Crippen molar-refractivity contribution in [3.63, 3.8) is 0 Å². The molecule has 0 saturated heterocycles. The molecule has 0 radical (unpaired) electrons. The second-order valence-corrected chi connectivity index (χ2v) is 5.85. The van der Waals surface area contributed by atoms with Crippen LogP contribution in [0.2, 0.25) is 0 Å². The topological polar surface area (TPSA) is 17.1 Å². The zero-order valence-electron chi connectivity index (χ0n) is 11.2. The van der Waals surface area contributed by atoms with E-state index in [9.17, 15) is 4.79 Å². The first kappa shape index (κ1) is 21.1. The van der Waals surface area contributed by atoms with Gasteiger partial charge in [0.25, 0.3) is 0 Å². The van der Waals surface area contributed by atoms with Gasteiger partial charge in [-0.05, 0) is 0 Å². The van der Waals surface area contributed by atoms with E-state index in [4.69, 9.17) is 0 Å². The van der Waals surface area contributed by atoms with Gasteiger partial charge in [0, 0.05) is 0 Å². The van der Waals surface area contributed by atoms with Gasteiger partial charge in [0.2, 0.25) is 0 Å². The fourth-order valence-electron chi connectivity index (χ4n) is 0.177. The van der Waals surface area contributed by atoms with E-state index >= 15 is 0 Å². The van der Waals surface area contributed by atoms with E-state index in [1.807, 2.05) is 27.1 Å². The van der Waals surface area contributed by atoms with E-state index < -0.39 is 0 Å². The second kappa shape index (κ2) is 8.87. The van der Waals surface area contributed by atoms with Crippen molar-refractivity contribution in [2.24, 2.45) is 16.7 Å². The van der Waals surface area contributed by atoms with Crippen molar-refractivity contribution < 1.29 is 37.5 Å². The molecule has 0 aromatic rings. The zero-order valence-corrected chi connectivity index (χ0v) is 14.0. The summed E-state index contributed by atoms with van der Waals surface area (Å²) >= 11 is 0. The Balaban J connectivity index is -0.000000187. The van der Waals surface area contributed by atoms with Crippen molar-refractivity contribution >= 4 is 6.29 Å². The molecule has 0 aromatic carbocycles. The van der Waals surface area contributed by atoms with Crippen LogP contribution < -0.4 is 0 Å². The molecule has 0 N–H and O–H groups in total. The molecule has 0 amide bonds. The van der Waals surface area contributed by atoms with Crippen LogP contribution in [-0.2, 0) is 37.5 Å². The molecule has 0 aliphatic rings. The monoisotopic (exact) mass is 286 g/mol. The van der Waals surface area contributed by atoms with E-state index in [0.717, 1.165) is 6.42 Å². The van der Waals surface area contributed by atoms with Gasteiger partial charge in [-0.25, -0.2) is 0 Å². The molecule has 2 heteroatoms. The molecule has 0 fully saturated rings. The molecule has 86 valence electrons. The average Bonchev–Trinajstić information content (AvgIpc) is 2.01. The quantitative estimate of drug-likeness (QED) is 0.669. The molecule has 0 bridgehead atoms. The summed E-state index contributed by atoms with van der Waals surface area (Å²) in [5.74, 6) is -0.206. The van der Waals surface area contributed by atoms with Gasteiger partial charge in [-0.15, -0.1) is 0 Å². The molecule has 1 atom stereocenters. The van der Waals surface area contributed by atoms with Gasteiger partial charge in [0.05, 0.1) is 0 Å². The van der Waals surface area contributed by atoms with Gasteiger partial charge in [0.15, 0.2) is 0 Å². The van der Waals surface area contributed by atoms with Crippen LogP contribution in [-0.4, -0.2) is 6.29 Å². The summed E-state index contributed by atoms with van der Waals surface area (Å²) in [5, 5.41) is 0. The second-order valence-electron chi connectivity index (χ2n) is 5.85. The summed E-state index contributed by atoms with van der Waals surface area (Å²) in [6.45, 7) is 19.8. The van der Waals surface area contributed by atoms with E-state index in [0.29, 0.717) is 5.41 Å². The maximum absolute atomic E-state index is 9.96. The number of hydrogen-bond acceptors (Lipinski definition) is 1. The van der Waals surface area contributed by atoms with Crippen LogP contribution in [0.3, 0.4) is 0 Å². The van der Waals surface area contributed by atoms with Crippen molar-refractivity contribution in [2.45, 2.75) is 48.0 Å². The molecular formula is C13H25OY. The van der Waals surface area contributed by atoms with Crippen molar-refractivity contribution in [1.82, 2.24) is 0 Å². The first-order valence-corrected chi connectivity index (χ1v) is 5.04. The van der Waals surface area contributed by atoms with Gasteiger partial charge in [-0.2, -0.15) is 6.42 Å². The van der Waals surface area contributed by atoms with Crippen molar-refractivity contribution in [3.05, 3.63) is 13.8 Å². The van der Waals surface area contributed by atoms with Crippen LogP contribution in [0.5, 0.6) is 0 Å². The Bertz CT molecular complexity index is 151. The first-order chi connectivity index (χ1) is 6.04. The first-order valence-electron chi connectivity index (χ1n) is 5.04. The Kier molecular flexibility index (Phi) is 12.5. The Morgan fingerprint density at radius 1 is 1.13 bits per heavy atom. The van der Waals surface area contributed by atoms with Crippen LogP contribution in [0.25, 0.3) is 0 Å². The summed E-state index contributed by atoms with van der Waals surface area (Å²) in [6, 6.07) is 0. The van der Waals surface area contributed by atoms with Crippen LogP contribution in [0.15, 0.2) is 0 Å². The van der Waals surface area contributed by atoms with Crippen molar-refractivity contribution in [3.8, 4) is 0 Å².